The standard InChI is InChI=1S/C47H33N3/c1-4-13-34(14-5-1)35-23-28-40(29-24-35)49(39-17-8-3-9-18-39)41-30-25-36(26-31-41)38-27-32-46-43(33-38)42-19-10-11-21-45(42)50(46)47-22-12-20-44(48-47)37-15-6-2-7-16-37/h1-33H. The quantitative estimate of drug-likeness (QED) is 0.173. The zero-order valence-electron chi connectivity index (χ0n) is 27.4. The number of rotatable bonds is 7. The molecule has 3 heteroatoms. The first-order valence-electron chi connectivity index (χ1n) is 17.0. The van der Waals surface area contributed by atoms with E-state index in [-0.39, 0.29) is 0 Å². The maximum Gasteiger partial charge on any atom is 0.138 e. The first-order valence-corrected chi connectivity index (χ1v) is 17.0. The van der Waals surface area contributed by atoms with Crippen molar-refractivity contribution in [1.82, 2.24) is 9.55 Å². The second-order valence-electron chi connectivity index (χ2n) is 12.5. The number of para-hydroxylation sites is 2. The number of anilines is 3. The average Bonchev–Trinajstić information content (AvgIpc) is 3.53. The minimum atomic E-state index is 0.910. The number of benzene rings is 7. The molecule has 0 radical (unpaired) electrons. The molecule has 0 aliphatic carbocycles. The highest BCUT2D eigenvalue weighted by Gasteiger charge is 2.16. The van der Waals surface area contributed by atoms with E-state index in [0.29, 0.717) is 0 Å². The monoisotopic (exact) mass is 639 g/mol. The molecule has 3 nitrogen and oxygen atoms in total. The summed E-state index contributed by atoms with van der Waals surface area (Å²) in [4.78, 5) is 7.43. The molecule has 0 bridgehead atoms. The van der Waals surface area contributed by atoms with Gasteiger partial charge in [0.15, 0.2) is 0 Å². The number of hydrogen-bond acceptors (Lipinski definition) is 2. The van der Waals surface area contributed by atoms with Crippen molar-refractivity contribution >= 4 is 38.9 Å². The van der Waals surface area contributed by atoms with Crippen LogP contribution in [-0.4, -0.2) is 9.55 Å². The Bertz CT molecular complexity index is 2550. The maximum absolute atomic E-state index is 5.12. The Morgan fingerprint density at radius 2 is 0.840 bits per heavy atom. The Balaban J connectivity index is 1.09. The lowest BCUT2D eigenvalue weighted by atomic mass is 10.0. The molecule has 9 rings (SSSR count). The lowest BCUT2D eigenvalue weighted by molar-refractivity contribution is 1.08. The molecule has 2 heterocycles. The van der Waals surface area contributed by atoms with Crippen LogP contribution in [0.2, 0.25) is 0 Å². The summed E-state index contributed by atoms with van der Waals surface area (Å²) in [6.45, 7) is 0. The summed E-state index contributed by atoms with van der Waals surface area (Å²) in [5.74, 6) is 0.910. The van der Waals surface area contributed by atoms with Crippen LogP contribution in [0.3, 0.4) is 0 Å². The van der Waals surface area contributed by atoms with Crippen LogP contribution in [0.5, 0.6) is 0 Å². The molecule has 0 spiro atoms. The second kappa shape index (κ2) is 12.7. The van der Waals surface area contributed by atoms with Gasteiger partial charge in [-0.1, -0.05) is 133 Å². The van der Waals surface area contributed by atoms with Crippen molar-refractivity contribution in [3.63, 3.8) is 0 Å². The minimum absolute atomic E-state index is 0.910. The third-order valence-corrected chi connectivity index (χ3v) is 9.41. The zero-order chi connectivity index (χ0) is 33.3. The molecular weight excluding hydrogens is 607 g/mol. The van der Waals surface area contributed by atoms with Crippen LogP contribution in [0.4, 0.5) is 17.1 Å². The van der Waals surface area contributed by atoms with Gasteiger partial charge in [0.25, 0.3) is 0 Å². The van der Waals surface area contributed by atoms with E-state index in [1.165, 1.54) is 33.0 Å². The Hall–Kier alpha value is -6.71. The second-order valence-corrected chi connectivity index (χ2v) is 12.5. The van der Waals surface area contributed by atoms with E-state index in [1.807, 2.05) is 6.07 Å². The van der Waals surface area contributed by atoms with Crippen LogP contribution in [0.25, 0.3) is 61.1 Å². The number of fused-ring (bicyclic) bond motifs is 3. The van der Waals surface area contributed by atoms with Gasteiger partial charge in [-0.05, 0) is 89.0 Å². The van der Waals surface area contributed by atoms with Crippen molar-refractivity contribution in [3.8, 4) is 39.3 Å². The largest absolute Gasteiger partial charge is 0.311 e. The Kier molecular flexibility index (Phi) is 7.49. The fourth-order valence-electron chi connectivity index (χ4n) is 6.98. The van der Waals surface area contributed by atoms with E-state index in [0.717, 1.165) is 45.2 Å². The van der Waals surface area contributed by atoms with Crippen molar-refractivity contribution in [3.05, 3.63) is 200 Å². The van der Waals surface area contributed by atoms with E-state index in [4.69, 9.17) is 4.98 Å². The van der Waals surface area contributed by atoms with E-state index in [1.54, 1.807) is 0 Å². The van der Waals surface area contributed by atoms with Crippen molar-refractivity contribution in [2.75, 3.05) is 4.90 Å². The molecule has 0 aliphatic heterocycles. The molecule has 0 amide bonds. The first-order chi connectivity index (χ1) is 24.8. The summed E-state index contributed by atoms with van der Waals surface area (Å²) in [6, 6.07) is 70.8. The summed E-state index contributed by atoms with van der Waals surface area (Å²) in [6.07, 6.45) is 0. The molecular formula is C47H33N3. The van der Waals surface area contributed by atoms with E-state index in [2.05, 4.69) is 204 Å². The van der Waals surface area contributed by atoms with Gasteiger partial charge in [0, 0.05) is 33.4 Å². The van der Waals surface area contributed by atoms with Crippen molar-refractivity contribution < 1.29 is 0 Å². The van der Waals surface area contributed by atoms with Crippen molar-refractivity contribution in [2.45, 2.75) is 0 Å². The van der Waals surface area contributed by atoms with Crippen LogP contribution in [0.1, 0.15) is 0 Å². The summed E-state index contributed by atoms with van der Waals surface area (Å²) in [7, 11) is 0. The smallest absolute Gasteiger partial charge is 0.138 e. The molecule has 0 atom stereocenters. The van der Waals surface area contributed by atoms with Crippen LogP contribution in [0, 0.1) is 0 Å². The number of pyridine rings is 1. The van der Waals surface area contributed by atoms with Crippen LogP contribution in [-0.2, 0) is 0 Å². The molecule has 0 saturated heterocycles. The number of aromatic nitrogens is 2. The van der Waals surface area contributed by atoms with Gasteiger partial charge in [-0.3, -0.25) is 4.57 Å². The van der Waals surface area contributed by atoms with Crippen LogP contribution in [0.15, 0.2) is 200 Å². The highest BCUT2D eigenvalue weighted by atomic mass is 15.1. The Morgan fingerprint density at radius 3 is 1.52 bits per heavy atom. The van der Waals surface area contributed by atoms with E-state index >= 15 is 0 Å². The van der Waals surface area contributed by atoms with Crippen molar-refractivity contribution in [2.24, 2.45) is 0 Å². The van der Waals surface area contributed by atoms with Gasteiger partial charge >= 0.3 is 0 Å². The molecule has 0 aliphatic rings. The average molecular weight is 640 g/mol. The van der Waals surface area contributed by atoms with Crippen LogP contribution < -0.4 is 4.90 Å². The Labute approximate surface area is 292 Å². The third kappa shape index (κ3) is 5.41. The summed E-state index contributed by atoms with van der Waals surface area (Å²) in [5.41, 5.74) is 12.5. The topological polar surface area (TPSA) is 21.1 Å². The van der Waals surface area contributed by atoms with E-state index in [9.17, 15) is 0 Å². The van der Waals surface area contributed by atoms with E-state index < -0.39 is 0 Å². The third-order valence-electron chi connectivity index (χ3n) is 9.41. The highest BCUT2D eigenvalue weighted by molar-refractivity contribution is 6.10. The molecule has 0 fully saturated rings. The fourth-order valence-corrected chi connectivity index (χ4v) is 6.98. The van der Waals surface area contributed by atoms with Gasteiger partial charge in [0.05, 0.1) is 16.7 Å². The predicted octanol–water partition coefficient (Wildman–Crippen LogP) is 12.6. The molecule has 236 valence electrons. The zero-order valence-corrected chi connectivity index (χ0v) is 27.4. The summed E-state index contributed by atoms with van der Waals surface area (Å²) < 4.78 is 2.28. The van der Waals surface area contributed by atoms with Gasteiger partial charge in [-0.2, -0.15) is 0 Å². The number of nitrogens with zero attached hydrogens (tertiary/aromatic N) is 3. The molecule has 0 unspecified atom stereocenters. The number of hydrogen-bond donors (Lipinski definition) is 0. The molecule has 0 N–H and O–H groups in total. The molecule has 9 aromatic rings. The molecule has 2 aromatic heterocycles. The van der Waals surface area contributed by atoms with Crippen molar-refractivity contribution in [1.29, 1.82) is 0 Å². The predicted molar refractivity (Wildman–Crippen MR) is 210 cm³/mol. The lowest BCUT2D eigenvalue weighted by Gasteiger charge is -2.26. The lowest BCUT2D eigenvalue weighted by Crippen LogP contribution is -2.09. The maximum atomic E-state index is 5.12. The highest BCUT2D eigenvalue weighted by Crippen LogP contribution is 2.38. The minimum Gasteiger partial charge on any atom is -0.311 e. The van der Waals surface area contributed by atoms with Gasteiger partial charge < -0.3 is 4.90 Å². The van der Waals surface area contributed by atoms with Gasteiger partial charge in [-0.25, -0.2) is 4.98 Å². The summed E-state index contributed by atoms with van der Waals surface area (Å²) in [5, 5.41) is 2.42. The van der Waals surface area contributed by atoms with Crippen LogP contribution >= 0.6 is 0 Å². The first kappa shape index (κ1) is 29.4. The fraction of sp³-hybridized carbons (Fsp3) is 0. The van der Waals surface area contributed by atoms with Gasteiger partial charge in [0.2, 0.25) is 0 Å². The molecule has 50 heavy (non-hydrogen) atoms. The summed E-state index contributed by atoms with van der Waals surface area (Å²) >= 11 is 0. The Morgan fingerprint density at radius 1 is 0.340 bits per heavy atom. The normalized spacial score (nSPS) is 11.2. The van der Waals surface area contributed by atoms with Gasteiger partial charge in [-0.15, -0.1) is 0 Å². The SMILES string of the molecule is c1ccc(-c2ccc(N(c3ccccc3)c3ccc(-c4ccc5c(c4)c4ccccc4n5-c4cccc(-c5ccccc5)n4)cc3)cc2)cc1. The van der Waals surface area contributed by atoms with Gasteiger partial charge in [0.1, 0.15) is 5.82 Å². The molecule has 7 aromatic carbocycles. The molecule has 0 saturated carbocycles.